The fourth-order valence-electron chi connectivity index (χ4n) is 4.66. The van der Waals surface area contributed by atoms with E-state index in [0.717, 1.165) is 44.9 Å². The standard InChI is InChI=1S/C44H70NO11P/c1-3-5-7-9-11-12-13-14-15-16-17-18-22-26-30-34-42(47)53-36-40(37-54-57(51,52)55-38-41(45)44(49)50)56-43(48)35-31-27-23-19-21-25-29-33-39(46)32-28-24-20-10-8-6-4-2/h5,7,11-12,14-15,17-20,23-25,28-29,32,39-41,46H,3-4,6,8-10,13,16,21-22,26-27,30-31,33-38,45H2,1-2H3,(H,49,50)(H,51,52)/b7-5-,12-11-,15-14-,18-17-,23-19+,24-20-,29-25-,32-28-/t39-,40+,41-/m0/s1. The fourth-order valence-corrected chi connectivity index (χ4v) is 5.43. The predicted octanol–water partition coefficient (Wildman–Crippen LogP) is 9.47. The molecule has 0 bridgehead atoms. The van der Waals surface area contributed by atoms with Gasteiger partial charge in [0.05, 0.1) is 19.3 Å². The molecule has 0 aliphatic carbocycles. The van der Waals surface area contributed by atoms with E-state index in [1.807, 2.05) is 36.5 Å². The number of allylic oxidation sites excluding steroid dienone is 14. The molecule has 0 heterocycles. The Kier molecular flexibility index (Phi) is 35.5. The van der Waals surface area contributed by atoms with Crippen LogP contribution in [0, 0.1) is 0 Å². The van der Waals surface area contributed by atoms with Gasteiger partial charge in [-0.2, -0.15) is 0 Å². The van der Waals surface area contributed by atoms with Crippen LogP contribution in [0.4, 0.5) is 0 Å². The van der Waals surface area contributed by atoms with Gasteiger partial charge in [-0.25, -0.2) is 4.57 Å². The molecule has 57 heavy (non-hydrogen) atoms. The number of carbonyl (C=O) groups is 3. The van der Waals surface area contributed by atoms with Crippen LogP contribution in [-0.4, -0.2) is 71.1 Å². The van der Waals surface area contributed by atoms with Crippen LogP contribution in [0.2, 0.25) is 0 Å². The van der Waals surface area contributed by atoms with Crippen molar-refractivity contribution in [3.8, 4) is 0 Å². The predicted molar refractivity (Wildman–Crippen MR) is 227 cm³/mol. The van der Waals surface area contributed by atoms with Crippen molar-refractivity contribution in [2.24, 2.45) is 5.73 Å². The normalized spacial score (nSPS) is 15.3. The molecule has 0 saturated heterocycles. The van der Waals surface area contributed by atoms with Crippen molar-refractivity contribution in [2.45, 2.75) is 141 Å². The topological polar surface area (TPSA) is 192 Å². The molecule has 0 aliphatic heterocycles. The lowest BCUT2D eigenvalue weighted by Gasteiger charge is -2.20. The summed E-state index contributed by atoms with van der Waals surface area (Å²) in [5, 5.41) is 18.9. The van der Waals surface area contributed by atoms with Crippen molar-refractivity contribution in [1.29, 1.82) is 0 Å². The second-order valence-electron chi connectivity index (χ2n) is 13.2. The maximum atomic E-state index is 12.6. The first-order valence-electron chi connectivity index (χ1n) is 20.4. The summed E-state index contributed by atoms with van der Waals surface area (Å²) in [6.45, 7) is 2.44. The van der Waals surface area contributed by atoms with Gasteiger partial charge >= 0.3 is 25.7 Å². The highest BCUT2D eigenvalue weighted by Crippen LogP contribution is 2.43. The van der Waals surface area contributed by atoms with Crippen molar-refractivity contribution in [2.75, 3.05) is 19.8 Å². The molecule has 0 saturated carbocycles. The molecule has 0 aromatic rings. The lowest BCUT2D eigenvalue weighted by molar-refractivity contribution is -0.161. The maximum Gasteiger partial charge on any atom is 0.472 e. The number of unbranched alkanes of at least 4 members (excludes halogenated alkanes) is 6. The Labute approximate surface area is 341 Å². The minimum atomic E-state index is -4.76. The van der Waals surface area contributed by atoms with Crippen LogP contribution < -0.4 is 5.73 Å². The number of carbonyl (C=O) groups excluding carboxylic acids is 2. The van der Waals surface area contributed by atoms with E-state index in [1.54, 1.807) is 6.08 Å². The van der Waals surface area contributed by atoms with E-state index in [4.69, 9.17) is 24.8 Å². The van der Waals surface area contributed by atoms with E-state index in [1.165, 1.54) is 19.3 Å². The average molecular weight is 820 g/mol. The van der Waals surface area contributed by atoms with Crippen molar-refractivity contribution in [3.05, 3.63) is 97.2 Å². The van der Waals surface area contributed by atoms with Gasteiger partial charge in [0.25, 0.3) is 0 Å². The van der Waals surface area contributed by atoms with Crippen LogP contribution in [0.15, 0.2) is 97.2 Å². The monoisotopic (exact) mass is 819 g/mol. The Morgan fingerprint density at radius 3 is 1.82 bits per heavy atom. The minimum Gasteiger partial charge on any atom is -0.480 e. The quantitative estimate of drug-likeness (QED) is 0.0154. The maximum absolute atomic E-state index is 12.6. The van der Waals surface area contributed by atoms with Crippen LogP contribution in [-0.2, 0) is 37.5 Å². The second-order valence-corrected chi connectivity index (χ2v) is 14.7. The molecule has 0 rings (SSSR count). The summed E-state index contributed by atoms with van der Waals surface area (Å²) in [6.07, 6.45) is 43.7. The average Bonchev–Trinajstić information content (AvgIpc) is 3.18. The molecular formula is C44H70NO11P. The summed E-state index contributed by atoms with van der Waals surface area (Å²) in [7, 11) is -4.76. The first-order chi connectivity index (χ1) is 27.5. The van der Waals surface area contributed by atoms with Gasteiger partial charge in [0.2, 0.25) is 0 Å². The van der Waals surface area contributed by atoms with Gasteiger partial charge in [-0.1, -0.05) is 124 Å². The SMILES string of the molecule is CC/C=C\C/C=C\C/C=C\C/C=C\CCCCC(=O)OC[C@H](COP(=O)(O)OC[C@H](N)C(=O)O)OC(=O)CCC/C=C/C/C=C\C[C@@H](O)/C=C\C=C/CCCCC. The third-order valence-electron chi connectivity index (χ3n) is 7.90. The molecule has 1 unspecified atom stereocenters. The third kappa shape index (κ3) is 37.7. The summed E-state index contributed by atoms with van der Waals surface area (Å²) < 4.78 is 32.5. The number of hydrogen-bond donors (Lipinski definition) is 4. The number of ether oxygens (including phenoxy) is 2. The number of phosphoric acid groups is 1. The van der Waals surface area contributed by atoms with Crippen molar-refractivity contribution in [1.82, 2.24) is 0 Å². The van der Waals surface area contributed by atoms with Crippen molar-refractivity contribution < 1.29 is 52.6 Å². The number of aliphatic carboxylic acids is 1. The Hall–Kier alpha value is -3.64. The third-order valence-corrected chi connectivity index (χ3v) is 8.85. The number of nitrogens with two attached hydrogens (primary N) is 1. The summed E-state index contributed by atoms with van der Waals surface area (Å²) in [6, 6.07) is -1.55. The minimum absolute atomic E-state index is 0.0360. The number of carboxylic acid groups (broad SMARTS) is 1. The molecule has 0 fully saturated rings. The molecule has 4 atom stereocenters. The molecule has 322 valence electrons. The van der Waals surface area contributed by atoms with Gasteiger partial charge in [0, 0.05) is 12.8 Å². The number of rotatable bonds is 36. The summed E-state index contributed by atoms with van der Waals surface area (Å²) in [5.74, 6) is -2.57. The Bertz CT molecular complexity index is 1350. The molecule has 0 aromatic heterocycles. The van der Waals surface area contributed by atoms with E-state index in [0.29, 0.717) is 32.1 Å². The van der Waals surface area contributed by atoms with Gasteiger partial charge in [-0.15, -0.1) is 0 Å². The molecule has 0 amide bonds. The zero-order valence-electron chi connectivity index (χ0n) is 34.2. The lowest BCUT2D eigenvalue weighted by atomic mass is 10.2. The first-order valence-corrected chi connectivity index (χ1v) is 21.9. The van der Waals surface area contributed by atoms with E-state index < -0.39 is 63.8 Å². The summed E-state index contributed by atoms with van der Waals surface area (Å²) in [5.41, 5.74) is 5.31. The molecule has 0 radical (unpaired) electrons. The van der Waals surface area contributed by atoms with E-state index in [-0.39, 0.29) is 12.8 Å². The molecular weight excluding hydrogens is 749 g/mol. The molecule has 0 spiro atoms. The van der Waals surface area contributed by atoms with Gasteiger partial charge in [-0.05, 0) is 83.5 Å². The molecule has 0 aliphatic rings. The Balaban J connectivity index is 4.66. The van der Waals surface area contributed by atoms with Crippen LogP contribution in [0.5, 0.6) is 0 Å². The fraction of sp³-hybridized carbons (Fsp3) is 0.568. The summed E-state index contributed by atoms with van der Waals surface area (Å²) >= 11 is 0. The number of phosphoric ester groups is 1. The van der Waals surface area contributed by atoms with Crippen LogP contribution in [0.3, 0.4) is 0 Å². The lowest BCUT2D eigenvalue weighted by Crippen LogP contribution is -2.34. The molecule has 12 nitrogen and oxygen atoms in total. The molecule has 5 N–H and O–H groups in total. The zero-order valence-corrected chi connectivity index (χ0v) is 35.1. The second kappa shape index (κ2) is 37.9. The highest BCUT2D eigenvalue weighted by atomic mass is 31.2. The van der Waals surface area contributed by atoms with Gasteiger partial charge in [-0.3, -0.25) is 23.4 Å². The van der Waals surface area contributed by atoms with Crippen LogP contribution >= 0.6 is 7.82 Å². The highest BCUT2D eigenvalue weighted by molar-refractivity contribution is 7.47. The number of aliphatic hydroxyl groups excluding tert-OH is 1. The van der Waals surface area contributed by atoms with E-state index in [2.05, 4.69) is 73.1 Å². The van der Waals surface area contributed by atoms with Gasteiger partial charge in [0.1, 0.15) is 12.6 Å². The zero-order chi connectivity index (χ0) is 42.2. The number of esters is 2. The Morgan fingerprint density at radius 2 is 1.19 bits per heavy atom. The van der Waals surface area contributed by atoms with Crippen LogP contribution in [0.25, 0.3) is 0 Å². The van der Waals surface area contributed by atoms with Crippen LogP contribution in [0.1, 0.15) is 123 Å². The van der Waals surface area contributed by atoms with E-state index >= 15 is 0 Å². The number of hydrogen-bond acceptors (Lipinski definition) is 10. The summed E-state index contributed by atoms with van der Waals surface area (Å²) in [4.78, 5) is 45.8. The number of carboxylic acids is 1. The van der Waals surface area contributed by atoms with Crippen molar-refractivity contribution in [3.63, 3.8) is 0 Å². The Morgan fingerprint density at radius 1 is 0.649 bits per heavy atom. The highest BCUT2D eigenvalue weighted by Gasteiger charge is 2.28. The van der Waals surface area contributed by atoms with Gasteiger partial charge in [0.15, 0.2) is 6.10 Å². The van der Waals surface area contributed by atoms with Gasteiger partial charge < -0.3 is 30.3 Å². The van der Waals surface area contributed by atoms with Crippen molar-refractivity contribution >= 4 is 25.7 Å². The molecule has 0 aromatic carbocycles. The molecule has 13 heteroatoms. The smallest absolute Gasteiger partial charge is 0.472 e. The first kappa shape index (κ1) is 53.4. The number of aliphatic hydroxyl groups is 1. The van der Waals surface area contributed by atoms with E-state index in [9.17, 15) is 28.9 Å². The largest absolute Gasteiger partial charge is 0.480 e.